The van der Waals surface area contributed by atoms with Gasteiger partial charge in [-0.15, -0.1) is 0 Å². The van der Waals surface area contributed by atoms with Crippen LogP contribution in [-0.4, -0.2) is 28.5 Å². The number of nitrogens with zero attached hydrogens (tertiary/aromatic N) is 1. The van der Waals surface area contributed by atoms with Crippen molar-refractivity contribution < 1.29 is 9.31 Å². The highest BCUT2D eigenvalue weighted by molar-refractivity contribution is 6.61. The zero-order valence-corrected chi connectivity index (χ0v) is 10.4. The lowest BCUT2D eigenvalue weighted by molar-refractivity contribution is -0.0281. The van der Waals surface area contributed by atoms with Gasteiger partial charge in [-0.1, -0.05) is 13.8 Å². The summed E-state index contributed by atoms with van der Waals surface area (Å²) >= 11 is 0. The smallest absolute Gasteiger partial charge is 0.399 e. The van der Waals surface area contributed by atoms with Crippen LogP contribution in [0.5, 0.6) is 0 Å². The number of hydrogen-bond donors (Lipinski definition) is 1. The van der Waals surface area contributed by atoms with E-state index in [0.717, 1.165) is 18.3 Å². The van der Waals surface area contributed by atoms with E-state index in [-0.39, 0.29) is 18.3 Å². The van der Waals surface area contributed by atoms with Crippen LogP contribution in [0.15, 0.2) is 12.4 Å². The molecule has 2 atom stereocenters. The topological polar surface area (TPSA) is 47.1 Å². The number of rotatable bonds is 3. The van der Waals surface area contributed by atoms with Gasteiger partial charge in [-0.05, 0) is 26.7 Å². The highest BCUT2D eigenvalue weighted by atomic mass is 16.7. The summed E-state index contributed by atoms with van der Waals surface area (Å²) in [5.74, 6) is 0. The second-order valence-corrected chi connectivity index (χ2v) is 4.77. The Hall–Kier alpha value is -0.805. The van der Waals surface area contributed by atoms with Crippen LogP contribution in [0, 0.1) is 0 Å². The standard InChI is InChI=1S/C11H19BN2O2/c1-5-10(3)11(4,6-2)16-12(15-10)9-7-13-14-8-9/h7-8H,5-6H2,1-4H3,(H,13,14). The van der Waals surface area contributed by atoms with Crippen LogP contribution in [0.4, 0.5) is 0 Å². The van der Waals surface area contributed by atoms with E-state index in [1.165, 1.54) is 0 Å². The lowest BCUT2D eigenvalue weighted by Crippen LogP contribution is -2.46. The number of H-pyrrole nitrogens is 1. The Labute approximate surface area is 96.9 Å². The van der Waals surface area contributed by atoms with E-state index in [1.54, 1.807) is 6.20 Å². The molecule has 1 aliphatic rings. The Morgan fingerprint density at radius 1 is 1.25 bits per heavy atom. The molecule has 1 saturated heterocycles. The first-order valence-corrected chi connectivity index (χ1v) is 5.89. The third kappa shape index (κ3) is 1.58. The molecule has 4 nitrogen and oxygen atoms in total. The van der Waals surface area contributed by atoms with Crippen molar-refractivity contribution in [3.8, 4) is 0 Å². The van der Waals surface area contributed by atoms with Crippen LogP contribution in [0.25, 0.3) is 0 Å². The molecule has 2 unspecified atom stereocenters. The molecule has 0 aromatic carbocycles. The first-order chi connectivity index (χ1) is 7.54. The monoisotopic (exact) mass is 222 g/mol. The molecule has 0 radical (unpaired) electrons. The second-order valence-electron chi connectivity index (χ2n) is 4.77. The fraction of sp³-hybridized carbons (Fsp3) is 0.727. The van der Waals surface area contributed by atoms with Gasteiger partial charge in [-0.25, -0.2) is 0 Å². The Balaban J connectivity index is 2.25. The van der Waals surface area contributed by atoms with Crippen molar-refractivity contribution in [2.45, 2.75) is 51.7 Å². The van der Waals surface area contributed by atoms with Gasteiger partial charge in [-0.2, -0.15) is 5.10 Å². The van der Waals surface area contributed by atoms with Crippen LogP contribution < -0.4 is 5.46 Å². The summed E-state index contributed by atoms with van der Waals surface area (Å²) in [6.07, 6.45) is 5.45. The van der Waals surface area contributed by atoms with Crippen LogP contribution in [0.2, 0.25) is 0 Å². The first-order valence-electron chi connectivity index (χ1n) is 5.89. The van der Waals surface area contributed by atoms with E-state index >= 15 is 0 Å². The number of aromatic amines is 1. The summed E-state index contributed by atoms with van der Waals surface area (Å²) in [7, 11) is -0.298. The largest absolute Gasteiger partial charge is 0.498 e. The minimum absolute atomic E-state index is 0.232. The zero-order valence-electron chi connectivity index (χ0n) is 10.4. The van der Waals surface area contributed by atoms with Crippen molar-refractivity contribution in [3.63, 3.8) is 0 Å². The van der Waals surface area contributed by atoms with Crippen LogP contribution in [0.1, 0.15) is 40.5 Å². The maximum Gasteiger partial charge on any atom is 0.498 e. The highest BCUT2D eigenvalue weighted by Crippen LogP contribution is 2.41. The van der Waals surface area contributed by atoms with E-state index in [1.807, 2.05) is 6.20 Å². The maximum atomic E-state index is 6.07. The molecule has 1 fully saturated rings. The van der Waals surface area contributed by atoms with Crippen molar-refractivity contribution in [1.29, 1.82) is 0 Å². The predicted octanol–water partition coefficient (Wildman–Crippen LogP) is 1.49. The van der Waals surface area contributed by atoms with E-state index in [9.17, 15) is 0 Å². The molecule has 0 bridgehead atoms. The second kappa shape index (κ2) is 3.89. The predicted molar refractivity (Wildman–Crippen MR) is 63.5 cm³/mol. The molecule has 16 heavy (non-hydrogen) atoms. The molecule has 1 aromatic heterocycles. The van der Waals surface area contributed by atoms with Crippen molar-refractivity contribution in [1.82, 2.24) is 10.2 Å². The average Bonchev–Trinajstić information content (AvgIpc) is 2.87. The van der Waals surface area contributed by atoms with Gasteiger partial charge >= 0.3 is 7.12 Å². The Morgan fingerprint density at radius 3 is 2.19 bits per heavy atom. The average molecular weight is 222 g/mol. The molecule has 88 valence electrons. The lowest BCUT2D eigenvalue weighted by atomic mass is 9.82. The molecule has 1 aliphatic heterocycles. The summed E-state index contributed by atoms with van der Waals surface area (Å²) in [6, 6.07) is 0. The van der Waals surface area contributed by atoms with Gasteiger partial charge in [0.05, 0.1) is 11.2 Å². The molecule has 5 heteroatoms. The number of nitrogens with one attached hydrogen (secondary N) is 1. The molecular weight excluding hydrogens is 203 g/mol. The quantitative estimate of drug-likeness (QED) is 0.788. The van der Waals surface area contributed by atoms with Gasteiger partial charge in [0.25, 0.3) is 0 Å². The molecule has 0 saturated carbocycles. The van der Waals surface area contributed by atoms with Gasteiger partial charge in [0.1, 0.15) is 0 Å². The Kier molecular flexibility index (Phi) is 2.84. The summed E-state index contributed by atoms with van der Waals surface area (Å²) in [5.41, 5.74) is 0.491. The third-order valence-corrected chi connectivity index (χ3v) is 3.99. The lowest BCUT2D eigenvalue weighted by Gasteiger charge is -2.37. The fourth-order valence-electron chi connectivity index (χ4n) is 2.19. The van der Waals surface area contributed by atoms with Gasteiger partial charge in [0, 0.05) is 17.9 Å². The molecule has 0 amide bonds. The summed E-state index contributed by atoms with van der Waals surface area (Å²) in [6.45, 7) is 8.51. The molecule has 1 N–H and O–H groups in total. The van der Waals surface area contributed by atoms with Crippen LogP contribution >= 0.6 is 0 Å². The summed E-state index contributed by atoms with van der Waals surface area (Å²) in [4.78, 5) is 0. The molecule has 0 aliphatic carbocycles. The summed E-state index contributed by atoms with van der Waals surface area (Å²) < 4.78 is 12.1. The van der Waals surface area contributed by atoms with E-state index in [4.69, 9.17) is 9.31 Å². The minimum atomic E-state index is -0.298. The molecule has 2 heterocycles. The summed E-state index contributed by atoms with van der Waals surface area (Å²) in [5, 5.41) is 6.72. The minimum Gasteiger partial charge on any atom is -0.399 e. The third-order valence-electron chi connectivity index (χ3n) is 3.99. The maximum absolute atomic E-state index is 6.07. The molecule has 1 aromatic rings. The molecule has 0 spiro atoms. The Morgan fingerprint density at radius 2 is 1.81 bits per heavy atom. The molecule has 2 rings (SSSR count). The zero-order chi connectivity index (χ0) is 11.8. The van der Waals surface area contributed by atoms with Crippen LogP contribution in [-0.2, 0) is 9.31 Å². The van der Waals surface area contributed by atoms with Gasteiger partial charge in [0.15, 0.2) is 0 Å². The molecular formula is C11H19BN2O2. The van der Waals surface area contributed by atoms with Gasteiger partial charge in [-0.3, -0.25) is 5.10 Å². The number of hydrogen-bond acceptors (Lipinski definition) is 3. The number of aromatic nitrogens is 2. The van der Waals surface area contributed by atoms with Crippen LogP contribution in [0.3, 0.4) is 0 Å². The SMILES string of the molecule is CCC1(C)OB(c2cn[nH]c2)OC1(C)CC. The van der Waals surface area contributed by atoms with E-state index in [0.29, 0.717) is 0 Å². The van der Waals surface area contributed by atoms with Crippen molar-refractivity contribution in [3.05, 3.63) is 12.4 Å². The first kappa shape index (κ1) is 11.7. The van der Waals surface area contributed by atoms with Gasteiger partial charge < -0.3 is 9.31 Å². The fourth-order valence-corrected chi connectivity index (χ4v) is 2.19. The Bertz CT molecular complexity index is 339. The van der Waals surface area contributed by atoms with E-state index in [2.05, 4.69) is 37.9 Å². The van der Waals surface area contributed by atoms with E-state index < -0.39 is 0 Å². The van der Waals surface area contributed by atoms with Crippen molar-refractivity contribution in [2.24, 2.45) is 0 Å². The van der Waals surface area contributed by atoms with Crippen molar-refractivity contribution >= 4 is 12.6 Å². The highest BCUT2D eigenvalue weighted by Gasteiger charge is 2.55. The van der Waals surface area contributed by atoms with Gasteiger partial charge in [0.2, 0.25) is 0 Å². The normalized spacial score (nSPS) is 34.6. The van der Waals surface area contributed by atoms with Crippen molar-refractivity contribution in [2.75, 3.05) is 0 Å².